The number of nitrogens with zero attached hydrogens (tertiary/aromatic N) is 2. The van der Waals surface area contributed by atoms with Gasteiger partial charge in [0, 0.05) is 43.9 Å². The molecule has 1 heterocycles. The third kappa shape index (κ3) is 3.26. The van der Waals surface area contributed by atoms with Crippen LogP contribution in [0.15, 0.2) is 18.2 Å². The van der Waals surface area contributed by atoms with E-state index >= 15 is 0 Å². The summed E-state index contributed by atoms with van der Waals surface area (Å²) in [7, 11) is 0. The lowest BCUT2D eigenvalue weighted by atomic mass is 10.2. The Morgan fingerprint density at radius 3 is 2.50 bits per heavy atom. The molecule has 1 aliphatic heterocycles. The van der Waals surface area contributed by atoms with Gasteiger partial charge in [-0.1, -0.05) is 13.8 Å². The highest BCUT2D eigenvalue weighted by atomic mass is 19.2. The summed E-state index contributed by atoms with van der Waals surface area (Å²) in [6, 6.07) is 3.94. The van der Waals surface area contributed by atoms with Crippen molar-refractivity contribution in [3.8, 4) is 0 Å². The smallest absolute Gasteiger partial charge is 0.225 e. The fourth-order valence-corrected chi connectivity index (χ4v) is 2.44. The number of carbonyl (C=O) groups is 1. The molecular weight excluding hydrogens is 262 g/mol. The molecule has 5 heteroatoms. The average molecular weight is 282 g/mol. The van der Waals surface area contributed by atoms with Crippen molar-refractivity contribution in [3.05, 3.63) is 29.8 Å². The molecule has 20 heavy (non-hydrogen) atoms. The summed E-state index contributed by atoms with van der Waals surface area (Å²) in [6.45, 7) is 6.50. The molecule has 0 spiro atoms. The second kappa shape index (κ2) is 6.20. The first kappa shape index (κ1) is 14.8. The Labute approximate surface area is 118 Å². The van der Waals surface area contributed by atoms with Crippen molar-refractivity contribution >= 4 is 11.6 Å². The molecule has 1 aromatic carbocycles. The van der Waals surface area contributed by atoms with Crippen LogP contribution < -0.4 is 4.90 Å². The molecule has 0 aromatic heterocycles. The van der Waals surface area contributed by atoms with E-state index in [1.54, 1.807) is 6.07 Å². The van der Waals surface area contributed by atoms with Crippen LogP contribution in [0.4, 0.5) is 14.5 Å². The molecule has 0 N–H and O–H groups in total. The standard InChI is InChI=1S/C15H20F2N2O/c1-11(2)15(20)19-7-3-6-18(8-9-19)12-4-5-13(16)14(17)10-12/h4-5,10-11H,3,6-9H2,1-2H3. The van der Waals surface area contributed by atoms with Gasteiger partial charge in [-0.2, -0.15) is 0 Å². The van der Waals surface area contributed by atoms with E-state index in [1.165, 1.54) is 6.07 Å². The first-order valence-corrected chi connectivity index (χ1v) is 6.98. The van der Waals surface area contributed by atoms with E-state index in [1.807, 2.05) is 23.6 Å². The molecule has 0 radical (unpaired) electrons. The Kier molecular flexibility index (Phi) is 4.57. The number of benzene rings is 1. The van der Waals surface area contributed by atoms with E-state index < -0.39 is 11.6 Å². The minimum Gasteiger partial charge on any atom is -0.370 e. The van der Waals surface area contributed by atoms with Crippen molar-refractivity contribution in [2.45, 2.75) is 20.3 Å². The topological polar surface area (TPSA) is 23.6 Å². The highest BCUT2D eigenvalue weighted by Crippen LogP contribution is 2.20. The summed E-state index contributed by atoms with van der Waals surface area (Å²) in [5.41, 5.74) is 0.669. The molecule has 1 fully saturated rings. The number of carbonyl (C=O) groups excluding carboxylic acids is 1. The van der Waals surface area contributed by atoms with Gasteiger partial charge < -0.3 is 9.80 Å². The predicted octanol–water partition coefficient (Wildman–Crippen LogP) is 2.66. The number of hydrogen-bond donors (Lipinski definition) is 0. The van der Waals surface area contributed by atoms with Crippen LogP contribution >= 0.6 is 0 Å². The first-order valence-electron chi connectivity index (χ1n) is 6.98. The Balaban J connectivity index is 2.05. The summed E-state index contributed by atoms with van der Waals surface area (Å²) in [6.07, 6.45) is 0.831. The average Bonchev–Trinajstić information content (AvgIpc) is 2.66. The lowest BCUT2D eigenvalue weighted by Crippen LogP contribution is -2.37. The lowest BCUT2D eigenvalue weighted by Gasteiger charge is -2.24. The predicted molar refractivity (Wildman–Crippen MR) is 74.6 cm³/mol. The molecule has 1 aromatic rings. The van der Waals surface area contributed by atoms with Gasteiger partial charge in [0.1, 0.15) is 0 Å². The number of hydrogen-bond acceptors (Lipinski definition) is 2. The van der Waals surface area contributed by atoms with Crippen LogP contribution in [-0.4, -0.2) is 37.0 Å². The fraction of sp³-hybridized carbons (Fsp3) is 0.533. The highest BCUT2D eigenvalue weighted by Gasteiger charge is 2.21. The van der Waals surface area contributed by atoms with Gasteiger partial charge >= 0.3 is 0 Å². The molecule has 1 amide bonds. The third-order valence-corrected chi connectivity index (χ3v) is 3.57. The molecule has 0 atom stereocenters. The van der Waals surface area contributed by atoms with E-state index in [0.717, 1.165) is 25.6 Å². The van der Waals surface area contributed by atoms with Crippen LogP contribution in [0, 0.1) is 17.6 Å². The maximum absolute atomic E-state index is 13.3. The molecule has 3 nitrogen and oxygen atoms in total. The minimum atomic E-state index is -0.833. The molecule has 0 aliphatic carbocycles. The Morgan fingerprint density at radius 1 is 1.10 bits per heavy atom. The van der Waals surface area contributed by atoms with E-state index in [0.29, 0.717) is 18.8 Å². The Morgan fingerprint density at radius 2 is 1.85 bits per heavy atom. The molecule has 0 saturated carbocycles. The summed E-state index contributed by atoms with van der Waals surface area (Å²) in [5.74, 6) is -1.52. The van der Waals surface area contributed by atoms with Crippen LogP contribution in [-0.2, 0) is 4.79 Å². The molecule has 110 valence electrons. The molecule has 1 aliphatic rings. The Bertz CT molecular complexity index is 491. The van der Waals surface area contributed by atoms with Crippen molar-refractivity contribution in [2.24, 2.45) is 5.92 Å². The molecule has 2 rings (SSSR count). The van der Waals surface area contributed by atoms with E-state index in [4.69, 9.17) is 0 Å². The van der Waals surface area contributed by atoms with Crippen molar-refractivity contribution < 1.29 is 13.6 Å². The molecule has 1 saturated heterocycles. The lowest BCUT2D eigenvalue weighted by molar-refractivity contribution is -0.134. The molecular formula is C15H20F2N2O. The maximum atomic E-state index is 13.3. The number of anilines is 1. The van der Waals surface area contributed by atoms with Gasteiger partial charge in [-0.15, -0.1) is 0 Å². The zero-order chi connectivity index (χ0) is 14.7. The number of halogens is 2. The van der Waals surface area contributed by atoms with Crippen molar-refractivity contribution in [3.63, 3.8) is 0 Å². The van der Waals surface area contributed by atoms with Crippen molar-refractivity contribution in [1.29, 1.82) is 0 Å². The van der Waals surface area contributed by atoms with E-state index in [9.17, 15) is 13.6 Å². The van der Waals surface area contributed by atoms with Crippen molar-refractivity contribution in [2.75, 3.05) is 31.1 Å². The van der Waals surface area contributed by atoms with E-state index in [2.05, 4.69) is 0 Å². The van der Waals surface area contributed by atoms with Gasteiger partial charge in [-0.3, -0.25) is 4.79 Å². The second-order valence-corrected chi connectivity index (χ2v) is 5.42. The third-order valence-electron chi connectivity index (χ3n) is 3.57. The SMILES string of the molecule is CC(C)C(=O)N1CCCN(c2ccc(F)c(F)c2)CC1. The quantitative estimate of drug-likeness (QED) is 0.832. The van der Waals surface area contributed by atoms with Gasteiger partial charge in [0.2, 0.25) is 5.91 Å². The molecule has 0 bridgehead atoms. The zero-order valence-electron chi connectivity index (χ0n) is 11.9. The fourth-order valence-electron chi connectivity index (χ4n) is 2.44. The van der Waals surface area contributed by atoms with Crippen LogP contribution in [0.2, 0.25) is 0 Å². The second-order valence-electron chi connectivity index (χ2n) is 5.42. The van der Waals surface area contributed by atoms with Crippen LogP contribution in [0.3, 0.4) is 0 Å². The monoisotopic (exact) mass is 282 g/mol. The minimum absolute atomic E-state index is 0.00943. The summed E-state index contributed by atoms with van der Waals surface area (Å²) >= 11 is 0. The maximum Gasteiger partial charge on any atom is 0.225 e. The normalized spacial score (nSPS) is 16.4. The van der Waals surface area contributed by atoms with Gasteiger partial charge in [0.25, 0.3) is 0 Å². The van der Waals surface area contributed by atoms with Gasteiger partial charge in [-0.05, 0) is 18.6 Å². The Hall–Kier alpha value is -1.65. The summed E-state index contributed by atoms with van der Waals surface area (Å²) in [5, 5.41) is 0. The van der Waals surface area contributed by atoms with Crippen LogP contribution in [0.25, 0.3) is 0 Å². The van der Waals surface area contributed by atoms with Crippen LogP contribution in [0.5, 0.6) is 0 Å². The number of amides is 1. The van der Waals surface area contributed by atoms with Gasteiger partial charge in [-0.25, -0.2) is 8.78 Å². The summed E-state index contributed by atoms with van der Waals surface area (Å²) in [4.78, 5) is 15.8. The molecule has 0 unspecified atom stereocenters. The first-order chi connectivity index (χ1) is 9.49. The van der Waals surface area contributed by atoms with Gasteiger partial charge in [0.15, 0.2) is 11.6 Å². The van der Waals surface area contributed by atoms with E-state index in [-0.39, 0.29) is 11.8 Å². The van der Waals surface area contributed by atoms with Gasteiger partial charge in [0.05, 0.1) is 0 Å². The zero-order valence-corrected chi connectivity index (χ0v) is 11.9. The summed E-state index contributed by atoms with van der Waals surface area (Å²) < 4.78 is 26.2. The largest absolute Gasteiger partial charge is 0.370 e. The van der Waals surface area contributed by atoms with Crippen LogP contribution in [0.1, 0.15) is 20.3 Å². The highest BCUT2D eigenvalue weighted by molar-refractivity contribution is 5.78. The van der Waals surface area contributed by atoms with Crippen molar-refractivity contribution in [1.82, 2.24) is 4.90 Å². The number of rotatable bonds is 2.